The fourth-order valence-corrected chi connectivity index (χ4v) is 6.41. The number of hydrogen-bond donors (Lipinski definition) is 1. The van der Waals surface area contributed by atoms with Crippen LogP contribution in [-0.2, 0) is 21.4 Å². The summed E-state index contributed by atoms with van der Waals surface area (Å²) < 4.78 is 29.3. The lowest BCUT2D eigenvalue weighted by Gasteiger charge is -2.16. The number of rotatable bonds is 9. The van der Waals surface area contributed by atoms with Gasteiger partial charge in [0.25, 0.3) is 0 Å². The number of benzene rings is 2. The van der Waals surface area contributed by atoms with Gasteiger partial charge in [-0.3, -0.25) is 4.79 Å². The third-order valence-corrected chi connectivity index (χ3v) is 8.89. The van der Waals surface area contributed by atoms with Crippen LogP contribution in [0.25, 0.3) is 0 Å². The van der Waals surface area contributed by atoms with Gasteiger partial charge in [0.05, 0.1) is 17.2 Å². The Labute approximate surface area is 203 Å². The monoisotopic (exact) mass is 497 g/mol. The first-order valence-corrected chi connectivity index (χ1v) is 13.9. The first-order valence-electron chi connectivity index (χ1n) is 11.5. The minimum atomic E-state index is -3.53. The minimum Gasteiger partial charge on any atom is -0.325 e. The summed E-state index contributed by atoms with van der Waals surface area (Å²) in [5.41, 5.74) is 1.63. The highest BCUT2D eigenvalue weighted by Gasteiger charge is 2.31. The van der Waals surface area contributed by atoms with Crippen LogP contribution in [0.2, 0.25) is 0 Å². The fourth-order valence-electron chi connectivity index (χ4n) is 4.10. The molecule has 1 N–H and O–H groups in total. The normalized spacial score (nSPS) is 16.6. The Bertz CT molecular complexity index is 1270. The Morgan fingerprint density at radius 3 is 2.53 bits per heavy atom. The summed E-state index contributed by atoms with van der Waals surface area (Å²) >= 11 is 1.34. The quantitative estimate of drug-likeness (QED) is 0.453. The van der Waals surface area contributed by atoms with E-state index < -0.39 is 10.0 Å². The van der Waals surface area contributed by atoms with E-state index in [4.69, 9.17) is 0 Å². The van der Waals surface area contributed by atoms with Crippen molar-refractivity contribution in [2.24, 2.45) is 0 Å². The Hall–Kier alpha value is -2.69. The van der Waals surface area contributed by atoms with E-state index in [1.807, 2.05) is 18.2 Å². The third-order valence-electron chi connectivity index (χ3n) is 6.02. The van der Waals surface area contributed by atoms with Crippen molar-refractivity contribution in [1.82, 2.24) is 19.1 Å². The third kappa shape index (κ3) is 5.18. The standard InChI is InChI=1S/C24H27N5O3S2/c30-22(25-20-9-6-10-21(15-20)34(31,32)28-13-4-5-14-28)17-33-24-27-26-23(19-11-12-19)29(24)16-18-7-2-1-3-8-18/h1-3,6-10,15,19H,4-5,11-14,16-17H2,(H,25,30). The molecule has 0 bridgehead atoms. The van der Waals surface area contributed by atoms with E-state index in [-0.39, 0.29) is 16.6 Å². The molecule has 1 aromatic heterocycles. The maximum absolute atomic E-state index is 12.8. The summed E-state index contributed by atoms with van der Waals surface area (Å²) in [6.45, 7) is 1.75. The summed E-state index contributed by atoms with van der Waals surface area (Å²) in [7, 11) is -3.53. The van der Waals surface area contributed by atoms with Crippen molar-refractivity contribution >= 4 is 33.4 Å². The molecule has 0 unspecified atom stereocenters. The summed E-state index contributed by atoms with van der Waals surface area (Å²) in [5, 5.41) is 12.3. The second-order valence-electron chi connectivity index (χ2n) is 8.66. The maximum Gasteiger partial charge on any atom is 0.243 e. The number of sulfonamides is 1. The van der Waals surface area contributed by atoms with Crippen LogP contribution in [0, 0.1) is 0 Å². The van der Waals surface area contributed by atoms with E-state index in [2.05, 4.69) is 32.2 Å². The van der Waals surface area contributed by atoms with Crippen molar-refractivity contribution in [3.63, 3.8) is 0 Å². The molecule has 178 valence electrons. The Morgan fingerprint density at radius 1 is 1.03 bits per heavy atom. The van der Waals surface area contributed by atoms with Crippen molar-refractivity contribution in [1.29, 1.82) is 0 Å². The zero-order chi connectivity index (χ0) is 23.5. The number of aromatic nitrogens is 3. The van der Waals surface area contributed by atoms with E-state index in [1.54, 1.807) is 18.2 Å². The summed E-state index contributed by atoms with van der Waals surface area (Å²) in [5.74, 6) is 1.36. The van der Waals surface area contributed by atoms with Crippen LogP contribution >= 0.6 is 11.8 Å². The molecule has 0 radical (unpaired) electrons. The number of nitrogens with one attached hydrogen (secondary N) is 1. The van der Waals surface area contributed by atoms with Gasteiger partial charge in [-0.15, -0.1) is 10.2 Å². The molecule has 5 rings (SSSR count). The van der Waals surface area contributed by atoms with Crippen LogP contribution in [-0.4, -0.2) is 52.2 Å². The van der Waals surface area contributed by atoms with E-state index in [1.165, 1.54) is 22.1 Å². The van der Waals surface area contributed by atoms with Gasteiger partial charge in [0.1, 0.15) is 5.82 Å². The van der Waals surface area contributed by atoms with E-state index in [9.17, 15) is 13.2 Å². The number of carbonyl (C=O) groups is 1. The van der Waals surface area contributed by atoms with Crippen LogP contribution in [0.5, 0.6) is 0 Å². The van der Waals surface area contributed by atoms with Gasteiger partial charge >= 0.3 is 0 Å². The van der Waals surface area contributed by atoms with Crippen LogP contribution in [0.1, 0.15) is 43.0 Å². The number of thioether (sulfide) groups is 1. The van der Waals surface area contributed by atoms with Gasteiger partial charge in [0, 0.05) is 24.7 Å². The molecule has 2 fully saturated rings. The molecule has 3 aromatic rings. The zero-order valence-corrected chi connectivity index (χ0v) is 20.4. The van der Waals surface area contributed by atoms with E-state index >= 15 is 0 Å². The first kappa shape index (κ1) is 23.1. The molecule has 34 heavy (non-hydrogen) atoms. The molecule has 10 heteroatoms. The minimum absolute atomic E-state index is 0.153. The molecule has 0 atom stereocenters. The smallest absolute Gasteiger partial charge is 0.243 e. The number of anilines is 1. The molecule has 1 aliphatic heterocycles. The Kier molecular flexibility index (Phi) is 6.71. The van der Waals surface area contributed by atoms with Crippen molar-refractivity contribution in [3.8, 4) is 0 Å². The molecule has 2 aromatic carbocycles. The van der Waals surface area contributed by atoms with Crippen LogP contribution < -0.4 is 5.32 Å². The molecule has 1 saturated heterocycles. The second-order valence-corrected chi connectivity index (χ2v) is 11.5. The molecular formula is C24H27N5O3S2. The van der Waals surface area contributed by atoms with Gasteiger partial charge in [-0.05, 0) is 49.4 Å². The summed E-state index contributed by atoms with van der Waals surface area (Å²) in [6, 6.07) is 16.6. The number of carbonyl (C=O) groups excluding carboxylic acids is 1. The van der Waals surface area contributed by atoms with Crippen LogP contribution in [0.4, 0.5) is 5.69 Å². The van der Waals surface area contributed by atoms with Gasteiger partial charge < -0.3 is 9.88 Å². The van der Waals surface area contributed by atoms with Crippen LogP contribution in [0.15, 0.2) is 64.6 Å². The number of amides is 1. The number of nitrogens with zero attached hydrogens (tertiary/aromatic N) is 4. The molecule has 0 spiro atoms. The highest BCUT2D eigenvalue weighted by Crippen LogP contribution is 2.40. The Morgan fingerprint density at radius 2 is 1.79 bits per heavy atom. The van der Waals surface area contributed by atoms with Crippen molar-refractivity contribution < 1.29 is 13.2 Å². The lowest BCUT2D eigenvalue weighted by Crippen LogP contribution is -2.28. The molecule has 1 aliphatic carbocycles. The molecule has 2 aliphatic rings. The van der Waals surface area contributed by atoms with Crippen LogP contribution in [0.3, 0.4) is 0 Å². The predicted molar refractivity (Wildman–Crippen MR) is 131 cm³/mol. The lowest BCUT2D eigenvalue weighted by atomic mass is 10.2. The molecular weight excluding hydrogens is 470 g/mol. The van der Waals surface area contributed by atoms with Gasteiger partial charge in [-0.1, -0.05) is 48.2 Å². The summed E-state index contributed by atoms with van der Waals surface area (Å²) in [6.07, 6.45) is 4.00. The van der Waals surface area contributed by atoms with Crippen molar-refractivity contribution in [3.05, 3.63) is 66.0 Å². The average Bonchev–Trinajstić information content (AvgIpc) is 3.36. The van der Waals surface area contributed by atoms with Gasteiger partial charge in [-0.25, -0.2) is 8.42 Å². The van der Waals surface area contributed by atoms with E-state index in [0.717, 1.165) is 37.1 Å². The fraction of sp³-hybridized carbons (Fsp3) is 0.375. The highest BCUT2D eigenvalue weighted by atomic mass is 32.2. The SMILES string of the molecule is O=C(CSc1nnc(C2CC2)n1Cc1ccccc1)Nc1cccc(S(=O)(=O)N2CCCC2)c1. The molecule has 8 nitrogen and oxygen atoms in total. The topological polar surface area (TPSA) is 97.2 Å². The van der Waals surface area contributed by atoms with Gasteiger partial charge in [0.2, 0.25) is 15.9 Å². The second kappa shape index (κ2) is 9.89. The Balaban J connectivity index is 1.25. The molecule has 1 amide bonds. The average molecular weight is 498 g/mol. The first-order chi connectivity index (χ1) is 16.5. The number of hydrogen-bond acceptors (Lipinski definition) is 6. The van der Waals surface area contributed by atoms with Crippen molar-refractivity contribution in [2.75, 3.05) is 24.2 Å². The largest absolute Gasteiger partial charge is 0.325 e. The maximum atomic E-state index is 12.8. The molecule has 1 saturated carbocycles. The highest BCUT2D eigenvalue weighted by molar-refractivity contribution is 7.99. The lowest BCUT2D eigenvalue weighted by molar-refractivity contribution is -0.113. The van der Waals surface area contributed by atoms with Gasteiger partial charge in [0.15, 0.2) is 5.16 Å². The summed E-state index contributed by atoms with van der Waals surface area (Å²) in [4.78, 5) is 12.9. The predicted octanol–water partition coefficient (Wildman–Crippen LogP) is 3.72. The van der Waals surface area contributed by atoms with E-state index in [0.29, 0.717) is 36.4 Å². The van der Waals surface area contributed by atoms with Crippen molar-refractivity contribution in [2.45, 2.75) is 48.2 Å². The molecule has 2 heterocycles. The zero-order valence-electron chi connectivity index (χ0n) is 18.8. The van der Waals surface area contributed by atoms with Gasteiger partial charge in [-0.2, -0.15) is 4.31 Å².